The fraction of sp³-hybridized carbons (Fsp3) is 0.259. The lowest BCUT2D eigenvalue weighted by Gasteiger charge is -2.37. The van der Waals surface area contributed by atoms with E-state index in [0.717, 1.165) is 28.5 Å². The Hall–Kier alpha value is -2.18. The second-order valence-electron chi connectivity index (χ2n) is 8.26. The predicted octanol–water partition coefficient (Wildman–Crippen LogP) is 7.75. The van der Waals surface area contributed by atoms with Gasteiger partial charge in [-0.05, 0) is 101 Å². The van der Waals surface area contributed by atoms with Crippen molar-refractivity contribution in [3.63, 3.8) is 0 Å². The molecule has 3 atom stereocenters. The minimum absolute atomic E-state index is 0.229. The van der Waals surface area contributed by atoms with E-state index in [0.29, 0.717) is 25.0 Å². The van der Waals surface area contributed by atoms with Crippen LogP contribution in [0.25, 0.3) is 0 Å². The van der Waals surface area contributed by atoms with E-state index in [1.165, 1.54) is 20.4 Å². The number of benzene rings is 3. The Morgan fingerprint density at radius 2 is 1.84 bits per heavy atom. The van der Waals surface area contributed by atoms with Crippen LogP contribution in [0.5, 0.6) is 11.5 Å². The summed E-state index contributed by atoms with van der Waals surface area (Å²) in [4.78, 5) is 0. The number of anilines is 1. The Morgan fingerprint density at radius 3 is 2.66 bits per heavy atom. The Bertz CT molecular complexity index is 1140. The second kappa shape index (κ2) is 9.36. The van der Waals surface area contributed by atoms with E-state index >= 15 is 0 Å². The van der Waals surface area contributed by atoms with Crippen LogP contribution in [0.2, 0.25) is 5.02 Å². The van der Waals surface area contributed by atoms with Crippen molar-refractivity contribution in [3.8, 4) is 11.5 Å². The molecule has 0 saturated heterocycles. The van der Waals surface area contributed by atoms with Gasteiger partial charge in [0.1, 0.15) is 6.61 Å². The molecule has 0 radical (unpaired) electrons. The lowest BCUT2D eigenvalue weighted by atomic mass is 9.77. The van der Waals surface area contributed by atoms with Gasteiger partial charge < -0.3 is 14.8 Å². The zero-order chi connectivity index (χ0) is 22.1. The van der Waals surface area contributed by atoms with Gasteiger partial charge in [0, 0.05) is 20.2 Å². The molecule has 3 aromatic carbocycles. The van der Waals surface area contributed by atoms with E-state index in [1.54, 1.807) is 0 Å². The Balaban J connectivity index is 1.41. The van der Waals surface area contributed by atoms with Crippen LogP contribution in [0, 0.1) is 9.49 Å². The zero-order valence-electron chi connectivity index (χ0n) is 17.9. The van der Waals surface area contributed by atoms with E-state index in [4.69, 9.17) is 21.1 Å². The van der Waals surface area contributed by atoms with Crippen molar-refractivity contribution in [3.05, 3.63) is 98.1 Å². The number of fused-ring (bicyclic) bond motifs is 3. The summed E-state index contributed by atoms with van der Waals surface area (Å²) in [5, 5.41) is 4.54. The first-order chi connectivity index (χ1) is 15.6. The molecule has 164 valence electrons. The summed E-state index contributed by atoms with van der Waals surface area (Å²) in [6, 6.07) is 21.0. The Morgan fingerprint density at radius 1 is 1.00 bits per heavy atom. The number of ether oxygens (including phenoxy) is 2. The molecule has 0 bridgehead atoms. The third-order valence-electron chi connectivity index (χ3n) is 6.26. The van der Waals surface area contributed by atoms with Crippen molar-refractivity contribution in [1.82, 2.24) is 0 Å². The van der Waals surface area contributed by atoms with Gasteiger partial charge in [0.05, 0.1) is 12.6 Å². The zero-order valence-corrected chi connectivity index (χ0v) is 20.8. The van der Waals surface area contributed by atoms with Gasteiger partial charge >= 0.3 is 0 Å². The molecule has 0 amide bonds. The van der Waals surface area contributed by atoms with Crippen molar-refractivity contribution >= 4 is 39.9 Å². The van der Waals surface area contributed by atoms with Gasteiger partial charge in [0.15, 0.2) is 11.5 Å². The van der Waals surface area contributed by atoms with E-state index in [9.17, 15) is 0 Å². The van der Waals surface area contributed by atoms with Crippen LogP contribution in [0.3, 0.4) is 0 Å². The number of nitrogens with one attached hydrogen (secondary N) is 1. The highest BCUT2D eigenvalue weighted by Gasteiger charge is 2.38. The lowest BCUT2D eigenvalue weighted by molar-refractivity contribution is 0.268. The van der Waals surface area contributed by atoms with E-state index in [-0.39, 0.29) is 6.04 Å². The number of hydrogen-bond donors (Lipinski definition) is 1. The molecule has 32 heavy (non-hydrogen) atoms. The van der Waals surface area contributed by atoms with Gasteiger partial charge in [-0.2, -0.15) is 0 Å². The third kappa shape index (κ3) is 4.35. The Kier molecular flexibility index (Phi) is 6.33. The SMILES string of the molecule is CCOc1cc([C@@H]2Nc3ccc(I)cc3[C@@H]3C=CC[C@@H]32)ccc1OCc1ccc(Cl)cc1. The first-order valence-corrected chi connectivity index (χ1v) is 12.4. The molecule has 5 rings (SSSR count). The smallest absolute Gasteiger partial charge is 0.161 e. The molecule has 1 aliphatic carbocycles. The van der Waals surface area contributed by atoms with Crippen molar-refractivity contribution in [1.29, 1.82) is 0 Å². The maximum absolute atomic E-state index is 6.11. The van der Waals surface area contributed by atoms with Crippen molar-refractivity contribution in [2.75, 3.05) is 11.9 Å². The molecule has 0 saturated carbocycles. The van der Waals surface area contributed by atoms with Crippen molar-refractivity contribution < 1.29 is 9.47 Å². The highest BCUT2D eigenvalue weighted by atomic mass is 127. The molecule has 3 aromatic rings. The van der Waals surface area contributed by atoms with Gasteiger partial charge in [0.2, 0.25) is 0 Å². The minimum Gasteiger partial charge on any atom is -0.490 e. The van der Waals surface area contributed by atoms with Gasteiger partial charge in [-0.15, -0.1) is 0 Å². The number of hydrogen-bond acceptors (Lipinski definition) is 3. The van der Waals surface area contributed by atoms with Gasteiger partial charge in [-0.25, -0.2) is 0 Å². The average Bonchev–Trinajstić information content (AvgIpc) is 3.29. The lowest BCUT2D eigenvalue weighted by Crippen LogP contribution is -2.29. The summed E-state index contributed by atoms with van der Waals surface area (Å²) in [5.41, 5.74) is 4.93. The summed E-state index contributed by atoms with van der Waals surface area (Å²) in [6.07, 6.45) is 5.78. The number of halogens is 2. The van der Waals surface area contributed by atoms with Crippen LogP contribution < -0.4 is 14.8 Å². The van der Waals surface area contributed by atoms with Crippen LogP contribution in [0.15, 0.2) is 72.8 Å². The molecule has 1 aliphatic heterocycles. The van der Waals surface area contributed by atoms with Gasteiger partial charge in [-0.3, -0.25) is 0 Å². The number of rotatable bonds is 6. The van der Waals surface area contributed by atoms with E-state index < -0.39 is 0 Å². The highest BCUT2D eigenvalue weighted by molar-refractivity contribution is 14.1. The molecule has 5 heteroatoms. The second-order valence-corrected chi connectivity index (χ2v) is 9.94. The van der Waals surface area contributed by atoms with Gasteiger partial charge in [0.25, 0.3) is 0 Å². The molecule has 0 aromatic heterocycles. The normalized spacial score (nSPS) is 20.9. The topological polar surface area (TPSA) is 30.5 Å². The molecule has 1 heterocycles. The fourth-order valence-corrected chi connectivity index (χ4v) is 5.38. The predicted molar refractivity (Wildman–Crippen MR) is 139 cm³/mol. The maximum atomic E-state index is 6.11. The summed E-state index contributed by atoms with van der Waals surface area (Å²) in [7, 11) is 0. The summed E-state index contributed by atoms with van der Waals surface area (Å²) in [5.74, 6) is 2.49. The van der Waals surface area contributed by atoms with Crippen LogP contribution in [0.4, 0.5) is 5.69 Å². The fourth-order valence-electron chi connectivity index (χ4n) is 4.74. The highest BCUT2D eigenvalue weighted by Crippen LogP contribution is 2.50. The molecule has 2 aliphatic rings. The molecule has 3 nitrogen and oxygen atoms in total. The molecule has 1 N–H and O–H groups in total. The van der Waals surface area contributed by atoms with E-state index in [2.05, 4.69) is 70.4 Å². The molecule has 0 spiro atoms. The summed E-state index contributed by atoms with van der Waals surface area (Å²) >= 11 is 8.39. The van der Waals surface area contributed by atoms with Crippen LogP contribution >= 0.6 is 34.2 Å². The molecule has 0 fully saturated rings. The summed E-state index contributed by atoms with van der Waals surface area (Å²) < 4.78 is 13.4. The van der Waals surface area contributed by atoms with Crippen LogP contribution in [0.1, 0.15) is 42.0 Å². The molecular formula is C27H25ClINO2. The quantitative estimate of drug-likeness (QED) is 0.248. The Labute approximate surface area is 207 Å². The van der Waals surface area contributed by atoms with Crippen molar-refractivity contribution in [2.24, 2.45) is 5.92 Å². The van der Waals surface area contributed by atoms with Crippen molar-refractivity contribution in [2.45, 2.75) is 31.9 Å². The van der Waals surface area contributed by atoms with Crippen LogP contribution in [-0.4, -0.2) is 6.61 Å². The van der Waals surface area contributed by atoms with Gasteiger partial charge in [-0.1, -0.05) is 42.0 Å². The third-order valence-corrected chi connectivity index (χ3v) is 7.18. The van der Waals surface area contributed by atoms with E-state index in [1.807, 2.05) is 37.3 Å². The first kappa shape index (κ1) is 21.7. The first-order valence-electron chi connectivity index (χ1n) is 11.0. The minimum atomic E-state index is 0.229. The largest absolute Gasteiger partial charge is 0.490 e. The summed E-state index contributed by atoms with van der Waals surface area (Å²) in [6.45, 7) is 3.07. The standard InChI is InChI=1S/C27H25ClINO2/c1-2-31-26-14-18(8-13-25(26)32-16-17-6-9-19(28)10-7-17)27-22-5-3-4-21(22)23-15-20(29)11-12-24(23)30-27/h3-4,6-15,21-22,27,30H,2,5,16H2,1H3/t21-,22+,27+/m1/s1. The number of allylic oxidation sites excluding steroid dienone is 2. The monoisotopic (exact) mass is 557 g/mol. The van der Waals surface area contributed by atoms with Crippen LogP contribution in [-0.2, 0) is 6.61 Å². The maximum Gasteiger partial charge on any atom is 0.161 e. The molecule has 0 unspecified atom stereocenters. The molecular weight excluding hydrogens is 533 g/mol. The average molecular weight is 558 g/mol.